The van der Waals surface area contributed by atoms with Crippen LogP contribution in [0.2, 0.25) is 15.1 Å². The highest BCUT2D eigenvalue weighted by atomic mass is 35.5. The van der Waals surface area contributed by atoms with Gasteiger partial charge in [0.1, 0.15) is 0 Å². The summed E-state index contributed by atoms with van der Waals surface area (Å²) in [7, 11) is 0. The Bertz CT molecular complexity index is 470. The maximum absolute atomic E-state index is 6.41. The minimum Gasteiger partial charge on any atom is -0.314 e. The van der Waals surface area contributed by atoms with Crippen LogP contribution in [-0.4, -0.2) is 31.1 Å². The lowest BCUT2D eigenvalue weighted by Crippen LogP contribution is -2.45. The third-order valence-corrected chi connectivity index (χ3v) is 4.80. The van der Waals surface area contributed by atoms with Crippen LogP contribution < -0.4 is 5.32 Å². The molecule has 0 radical (unpaired) electrons. The number of halogens is 3. The monoisotopic (exact) mass is 332 g/mol. The predicted molar refractivity (Wildman–Crippen MR) is 88.1 cm³/mol. The molecular weight excluding hydrogens is 315 g/mol. The average Bonchev–Trinajstić information content (AvgIpc) is 2.47. The van der Waals surface area contributed by atoms with Crippen LogP contribution in [0.25, 0.3) is 0 Å². The van der Waals surface area contributed by atoms with Gasteiger partial charge in [-0.2, -0.15) is 0 Å². The van der Waals surface area contributed by atoms with Gasteiger partial charge in [0.15, 0.2) is 0 Å². The van der Waals surface area contributed by atoms with Crippen molar-refractivity contribution in [2.24, 2.45) is 0 Å². The lowest BCUT2D eigenvalue weighted by atomic mass is 9.99. The number of nitrogens with one attached hydrogen (secondary N) is 1. The van der Waals surface area contributed by atoms with Gasteiger partial charge in [0.2, 0.25) is 0 Å². The first-order chi connectivity index (χ1) is 9.65. The smallest absolute Gasteiger partial charge is 0.0655 e. The number of nitrogens with zero attached hydrogens (tertiary/aromatic N) is 1. The molecule has 0 bridgehead atoms. The van der Waals surface area contributed by atoms with Crippen LogP contribution in [-0.2, 0) is 0 Å². The van der Waals surface area contributed by atoms with E-state index in [0.29, 0.717) is 15.1 Å². The fraction of sp³-hybridized carbons (Fsp3) is 0.467. The van der Waals surface area contributed by atoms with E-state index in [0.717, 1.165) is 44.6 Å². The Kier molecular flexibility index (Phi) is 6.19. The van der Waals surface area contributed by atoms with Crippen molar-refractivity contribution in [3.05, 3.63) is 45.4 Å². The van der Waals surface area contributed by atoms with Crippen LogP contribution in [0.1, 0.15) is 24.4 Å². The van der Waals surface area contributed by atoms with Crippen LogP contribution in [0.3, 0.4) is 0 Å². The number of allylic oxidation sites excluding steroid dienone is 1. The molecule has 1 aliphatic heterocycles. The summed E-state index contributed by atoms with van der Waals surface area (Å²) in [6, 6.07) is 3.76. The zero-order chi connectivity index (χ0) is 14.5. The average molecular weight is 334 g/mol. The van der Waals surface area contributed by atoms with E-state index in [-0.39, 0.29) is 6.04 Å². The third kappa shape index (κ3) is 3.69. The SMILES string of the molecule is C=CCC[C@H](c1c(Cl)ccc(Cl)c1Cl)N1CCNCC1. The summed E-state index contributed by atoms with van der Waals surface area (Å²) in [5.74, 6) is 0. The van der Waals surface area contributed by atoms with Crippen LogP contribution in [0, 0.1) is 0 Å². The molecule has 1 fully saturated rings. The predicted octanol–water partition coefficient (Wildman–Crippen LogP) is 4.56. The lowest BCUT2D eigenvalue weighted by molar-refractivity contribution is 0.166. The van der Waals surface area contributed by atoms with Crippen molar-refractivity contribution in [2.45, 2.75) is 18.9 Å². The van der Waals surface area contributed by atoms with Gasteiger partial charge in [-0.25, -0.2) is 0 Å². The van der Waals surface area contributed by atoms with Crippen molar-refractivity contribution in [1.29, 1.82) is 0 Å². The first kappa shape index (κ1) is 16.1. The Morgan fingerprint density at radius 3 is 2.50 bits per heavy atom. The molecule has 0 aromatic heterocycles. The second-order valence-corrected chi connectivity index (χ2v) is 6.12. The molecule has 5 heteroatoms. The molecule has 1 N–H and O–H groups in total. The first-order valence-corrected chi connectivity index (χ1v) is 7.97. The summed E-state index contributed by atoms with van der Waals surface area (Å²) in [6.07, 6.45) is 3.80. The summed E-state index contributed by atoms with van der Waals surface area (Å²) in [4.78, 5) is 2.42. The number of rotatable bonds is 5. The zero-order valence-electron chi connectivity index (χ0n) is 11.3. The van der Waals surface area contributed by atoms with Gasteiger partial charge in [-0.3, -0.25) is 4.90 Å². The van der Waals surface area contributed by atoms with Gasteiger partial charge in [-0.05, 0) is 25.0 Å². The molecule has 2 nitrogen and oxygen atoms in total. The van der Waals surface area contributed by atoms with E-state index >= 15 is 0 Å². The molecule has 2 rings (SSSR count). The number of hydrogen-bond acceptors (Lipinski definition) is 2. The third-order valence-electron chi connectivity index (χ3n) is 3.65. The summed E-state index contributed by atoms with van der Waals surface area (Å²) in [5, 5.41) is 5.19. The summed E-state index contributed by atoms with van der Waals surface area (Å²) in [6.45, 7) is 7.76. The van der Waals surface area contributed by atoms with Crippen molar-refractivity contribution in [3.63, 3.8) is 0 Å². The molecule has 1 aromatic rings. The van der Waals surface area contributed by atoms with E-state index in [1.807, 2.05) is 12.1 Å². The van der Waals surface area contributed by atoms with Crippen molar-refractivity contribution in [2.75, 3.05) is 26.2 Å². The van der Waals surface area contributed by atoms with E-state index in [1.165, 1.54) is 0 Å². The molecule has 1 atom stereocenters. The molecule has 0 saturated carbocycles. The highest BCUT2D eigenvalue weighted by Crippen LogP contribution is 2.40. The zero-order valence-corrected chi connectivity index (χ0v) is 13.6. The molecule has 0 aliphatic carbocycles. The van der Waals surface area contributed by atoms with Gasteiger partial charge in [0.25, 0.3) is 0 Å². The molecule has 110 valence electrons. The fourth-order valence-corrected chi connectivity index (χ4v) is 3.41. The van der Waals surface area contributed by atoms with Crippen molar-refractivity contribution < 1.29 is 0 Å². The molecule has 0 unspecified atom stereocenters. The normalized spacial score (nSPS) is 17.9. The van der Waals surface area contributed by atoms with E-state index in [1.54, 1.807) is 6.07 Å². The summed E-state index contributed by atoms with van der Waals surface area (Å²) in [5.41, 5.74) is 0.949. The van der Waals surface area contributed by atoms with E-state index < -0.39 is 0 Å². The molecule has 0 spiro atoms. The minimum absolute atomic E-state index is 0.189. The van der Waals surface area contributed by atoms with E-state index in [4.69, 9.17) is 34.8 Å². The molecule has 1 saturated heterocycles. The maximum atomic E-state index is 6.41. The van der Waals surface area contributed by atoms with E-state index in [2.05, 4.69) is 16.8 Å². The van der Waals surface area contributed by atoms with Gasteiger partial charge >= 0.3 is 0 Å². The van der Waals surface area contributed by atoms with Crippen LogP contribution >= 0.6 is 34.8 Å². The summed E-state index contributed by atoms with van der Waals surface area (Å²) >= 11 is 19.0. The van der Waals surface area contributed by atoms with Gasteiger partial charge in [0.05, 0.1) is 10.0 Å². The Hall–Kier alpha value is -0.250. The molecule has 0 amide bonds. The molecular formula is C15H19Cl3N2. The second-order valence-electron chi connectivity index (χ2n) is 4.92. The quantitative estimate of drug-likeness (QED) is 0.628. The Balaban J connectivity index is 2.34. The second kappa shape index (κ2) is 7.67. The van der Waals surface area contributed by atoms with Crippen LogP contribution in [0.5, 0.6) is 0 Å². The summed E-state index contributed by atoms with van der Waals surface area (Å²) < 4.78 is 0. The van der Waals surface area contributed by atoms with Crippen molar-refractivity contribution >= 4 is 34.8 Å². The number of hydrogen-bond donors (Lipinski definition) is 1. The fourth-order valence-electron chi connectivity index (χ4n) is 2.63. The van der Waals surface area contributed by atoms with Crippen LogP contribution in [0.15, 0.2) is 24.8 Å². The van der Waals surface area contributed by atoms with Gasteiger partial charge < -0.3 is 5.32 Å². The van der Waals surface area contributed by atoms with Gasteiger partial charge in [-0.1, -0.05) is 40.9 Å². The Morgan fingerprint density at radius 1 is 1.20 bits per heavy atom. The molecule has 20 heavy (non-hydrogen) atoms. The highest BCUT2D eigenvalue weighted by Gasteiger charge is 2.26. The van der Waals surface area contributed by atoms with Crippen molar-refractivity contribution in [3.8, 4) is 0 Å². The molecule has 1 aliphatic rings. The van der Waals surface area contributed by atoms with Gasteiger partial charge in [-0.15, -0.1) is 6.58 Å². The minimum atomic E-state index is 0.189. The highest BCUT2D eigenvalue weighted by molar-refractivity contribution is 6.44. The van der Waals surface area contributed by atoms with Crippen LogP contribution in [0.4, 0.5) is 0 Å². The molecule has 1 heterocycles. The topological polar surface area (TPSA) is 15.3 Å². The van der Waals surface area contributed by atoms with E-state index in [9.17, 15) is 0 Å². The molecule has 1 aromatic carbocycles. The van der Waals surface area contributed by atoms with Gasteiger partial charge in [0, 0.05) is 42.8 Å². The maximum Gasteiger partial charge on any atom is 0.0655 e. The Labute approximate surface area is 135 Å². The lowest BCUT2D eigenvalue weighted by Gasteiger charge is -2.36. The first-order valence-electron chi connectivity index (χ1n) is 6.84. The number of benzene rings is 1. The Morgan fingerprint density at radius 2 is 1.85 bits per heavy atom. The standard InChI is InChI=1S/C15H19Cl3N2/c1-2-3-4-13(20-9-7-19-8-10-20)14-11(16)5-6-12(17)15(14)18/h2,5-6,13,19H,1,3-4,7-10H2/t13-/m1/s1. The number of piperazine rings is 1. The van der Waals surface area contributed by atoms with Crippen molar-refractivity contribution in [1.82, 2.24) is 10.2 Å². The largest absolute Gasteiger partial charge is 0.314 e.